The lowest BCUT2D eigenvalue weighted by molar-refractivity contribution is 0.412. The highest BCUT2D eigenvalue weighted by atomic mass is 16.5. The molecule has 1 aromatic heterocycles. The number of fused-ring (bicyclic) bond motifs is 3. The van der Waals surface area contributed by atoms with Gasteiger partial charge in [0.05, 0.1) is 19.9 Å². The summed E-state index contributed by atoms with van der Waals surface area (Å²) >= 11 is 0. The van der Waals surface area contributed by atoms with Gasteiger partial charge in [-0.3, -0.25) is 4.99 Å². The number of nitrogens with zero attached hydrogens (tertiary/aromatic N) is 4. The van der Waals surface area contributed by atoms with Crippen LogP contribution in [0, 0.1) is 0 Å². The van der Waals surface area contributed by atoms with E-state index in [9.17, 15) is 0 Å². The Morgan fingerprint density at radius 1 is 1.23 bits per heavy atom. The SMILES string of the molecule is COc1cnc(N2C3CCC2CNC3)nc1Nc1ccc2c(c1)C=NC2. The van der Waals surface area contributed by atoms with Gasteiger partial charge in [-0.15, -0.1) is 0 Å². The van der Waals surface area contributed by atoms with Crippen molar-refractivity contribution < 1.29 is 4.74 Å². The molecule has 2 fully saturated rings. The molecule has 0 amide bonds. The number of benzene rings is 1. The first-order chi connectivity index (χ1) is 12.8. The molecule has 26 heavy (non-hydrogen) atoms. The van der Waals surface area contributed by atoms with Gasteiger partial charge in [0.15, 0.2) is 11.6 Å². The van der Waals surface area contributed by atoms with Gasteiger partial charge in [-0.05, 0) is 36.1 Å². The van der Waals surface area contributed by atoms with E-state index < -0.39 is 0 Å². The summed E-state index contributed by atoms with van der Waals surface area (Å²) < 4.78 is 5.48. The van der Waals surface area contributed by atoms with Crippen LogP contribution in [0.3, 0.4) is 0 Å². The topological polar surface area (TPSA) is 74.7 Å². The third-order valence-corrected chi connectivity index (χ3v) is 5.47. The van der Waals surface area contributed by atoms with E-state index in [4.69, 9.17) is 9.72 Å². The number of hydrogen-bond acceptors (Lipinski definition) is 7. The Labute approximate surface area is 152 Å². The summed E-state index contributed by atoms with van der Waals surface area (Å²) in [6.45, 7) is 2.76. The molecule has 0 saturated carbocycles. The molecular weight excluding hydrogens is 328 g/mol. The van der Waals surface area contributed by atoms with E-state index in [2.05, 4.69) is 43.7 Å². The van der Waals surface area contributed by atoms with E-state index in [1.54, 1.807) is 13.3 Å². The quantitative estimate of drug-likeness (QED) is 0.880. The second-order valence-electron chi connectivity index (χ2n) is 7.05. The maximum Gasteiger partial charge on any atom is 0.228 e. The third-order valence-electron chi connectivity index (χ3n) is 5.47. The first kappa shape index (κ1) is 15.6. The molecule has 2 bridgehead atoms. The predicted molar refractivity (Wildman–Crippen MR) is 102 cm³/mol. The molecule has 0 radical (unpaired) electrons. The fourth-order valence-electron chi connectivity index (χ4n) is 4.15. The third kappa shape index (κ3) is 2.59. The van der Waals surface area contributed by atoms with Gasteiger partial charge in [-0.2, -0.15) is 4.98 Å². The molecule has 2 atom stereocenters. The van der Waals surface area contributed by atoms with Gasteiger partial charge >= 0.3 is 0 Å². The van der Waals surface area contributed by atoms with Crippen molar-refractivity contribution in [3.05, 3.63) is 35.5 Å². The summed E-state index contributed by atoms with van der Waals surface area (Å²) in [5.41, 5.74) is 3.38. The van der Waals surface area contributed by atoms with Crippen molar-refractivity contribution in [2.24, 2.45) is 4.99 Å². The van der Waals surface area contributed by atoms with Gasteiger partial charge in [-0.25, -0.2) is 4.98 Å². The molecular formula is C19H22N6O. The first-order valence-electron chi connectivity index (χ1n) is 9.11. The minimum Gasteiger partial charge on any atom is -0.491 e. The molecule has 134 valence electrons. The van der Waals surface area contributed by atoms with E-state index in [1.807, 2.05) is 6.21 Å². The fraction of sp³-hybridized carbons (Fsp3) is 0.421. The first-order valence-corrected chi connectivity index (χ1v) is 9.11. The number of anilines is 3. The standard InChI is InChI=1S/C19H22N6O/c1-26-17-11-22-19(25-15-4-5-16(25)10-21-9-15)24-18(17)23-14-3-2-12-7-20-8-13(12)6-14/h2-3,6,8,11,15-16,21H,4-5,7,9-10H2,1H3,(H,22,23,24). The molecule has 4 heterocycles. The zero-order valence-corrected chi connectivity index (χ0v) is 14.8. The average molecular weight is 350 g/mol. The second kappa shape index (κ2) is 6.25. The van der Waals surface area contributed by atoms with E-state index in [-0.39, 0.29) is 0 Å². The number of ether oxygens (including phenoxy) is 1. The lowest BCUT2D eigenvalue weighted by Crippen LogP contribution is -2.52. The molecule has 7 nitrogen and oxygen atoms in total. The van der Waals surface area contributed by atoms with Gasteiger partial charge in [0, 0.05) is 37.1 Å². The molecule has 1 aromatic carbocycles. The Morgan fingerprint density at radius 3 is 2.88 bits per heavy atom. The second-order valence-corrected chi connectivity index (χ2v) is 7.05. The Bertz CT molecular complexity index is 851. The minimum absolute atomic E-state index is 0.478. The fourth-order valence-corrected chi connectivity index (χ4v) is 4.15. The molecule has 2 aromatic rings. The van der Waals surface area contributed by atoms with Crippen LogP contribution in [0.25, 0.3) is 0 Å². The molecule has 0 aliphatic carbocycles. The molecule has 2 N–H and O–H groups in total. The zero-order valence-electron chi connectivity index (χ0n) is 14.8. The lowest BCUT2D eigenvalue weighted by Gasteiger charge is -2.35. The summed E-state index contributed by atoms with van der Waals surface area (Å²) in [6.07, 6.45) is 6.07. The average Bonchev–Trinajstić information content (AvgIpc) is 3.23. The van der Waals surface area contributed by atoms with Gasteiger partial charge in [-0.1, -0.05) is 6.07 Å². The number of aromatic nitrogens is 2. The van der Waals surface area contributed by atoms with Crippen LogP contribution < -0.4 is 20.3 Å². The highest BCUT2D eigenvalue weighted by Crippen LogP contribution is 2.33. The number of hydrogen-bond donors (Lipinski definition) is 2. The Morgan fingerprint density at radius 2 is 2.08 bits per heavy atom. The maximum atomic E-state index is 5.48. The van der Waals surface area contributed by atoms with Gasteiger partial charge in [0.25, 0.3) is 0 Å². The van der Waals surface area contributed by atoms with Crippen molar-refractivity contribution >= 4 is 23.7 Å². The van der Waals surface area contributed by atoms with Crippen LogP contribution in [-0.2, 0) is 6.54 Å². The van der Waals surface area contributed by atoms with Gasteiger partial charge < -0.3 is 20.3 Å². The highest BCUT2D eigenvalue weighted by Gasteiger charge is 2.38. The van der Waals surface area contributed by atoms with Crippen molar-refractivity contribution in [2.45, 2.75) is 31.5 Å². The Hall–Kier alpha value is -2.67. The van der Waals surface area contributed by atoms with Crippen molar-refractivity contribution in [2.75, 3.05) is 30.4 Å². The van der Waals surface area contributed by atoms with Crippen LogP contribution >= 0.6 is 0 Å². The molecule has 3 aliphatic rings. The van der Waals surface area contributed by atoms with Crippen molar-refractivity contribution in [1.82, 2.24) is 15.3 Å². The van der Waals surface area contributed by atoms with Crippen LogP contribution in [0.1, 0.15) is 24.0 Å². The Kier molecular flexibility index (Phi) is 3.74. The summed E-state index contributed by atoms with van der Waals surface area (Å²) in [5.74, 6) is 2.13. The van der Waals surface area contributed by atoms with Crippen molar-refractivity contribution in [3.8, 4) is 5.75 Å². The number of methoxy groups -OCH3 is 1. The number of piperazine rings is 1. The number of aliphatic imine (C=N–C) groups is 1. The zero-order chi connectivity index (χ0) is 17.5. The van der Waals surface area contributed by atoms with E-state index in [1.165, 1.54) is 18.4 Å². The van der Waals surface area contributed by atoms with Gasteiger partial charge in [0.2, 0.25) is 5.95 Å². The minimum atomic E-state index is 0.478. The molecule has 2 saturated heterocycles. The van der Waals surface area contributed by atoms with E-state index in [0.717, 1.165) is 36.8 Å². The largest absolute Gasteiger partial charge is 0.491 e. The molecule has 2 unspecified atom stereocenters. The van der Waals surface area contributed by atoms with E-state index in [0.29, 0.717) is 23.7 Å². The van der Waals surface area contributed by atoms with Crippen LogP contribution in [0.5, 0.6) is 5.75 Å². The monoisotopic (exact) mass is 350 g/mol. The Balaban J connectivity index is 1.47. The number of rotatable bonds is 4. The summed E-state index contributed by atoms with van der Waals surface area (Å²) in [4.78, 5) is 16.1. The highest BCUT2D eigenvalue weighted by molar-refractivity contribution is 5.86. The van der Waals surface area contributed by atoms with Crippen LogP contribution in [-0.4, -0.2) is 48.5 Å². The summed E-state index contributed by atoms with van der Waals surface area (Å²) in [5, 5.41) is 6.90. The predicted octanol–water partition coefficient (Wildman–Crippen LogP) is 2.10. The summed E-state index contributed by atoms with van der Waals surface area (Å²) in [7, 11) is 1.65. The molecule has 0 spiro atoms. The molecule has 7 heteroatoms. The van der Waals surface area contributed by atoms with Crippen LogP contribution in [0.15, 0.2) is 29.4 Å². The molecule has 5 rings (SSSR count). The van der Waals surface area contributed by atoms with Crippen LogP contribution in [0.2, 0.25) is 0 Å². The smallest absolute Gasteiger partial charge is 0.228 e. The van der Waals surface area contributed by atoms with Crippen molar-refractivity contribution in [1.29, 1.82) is 0 Å². The van der Waals surface area contributed by atoms with Gasteiger partial charge in [0.1, 0.15) is 0 Å². The van der Waals surface area contributed by atoms with Crippen molar-refractivity contribution in [3.63, 3.8) is 0 Å². The van der Waals surface area contributed by atoms with Crippen LogP contribution in [0.4, 0.5) is 17.5 Å². The number of nitrogens with one attached hydrogen (secondary N) is 2. The lowest BCUT2D eigenvalue weighted by atomic mass is 10.1. The maximum absolute atomic E-state index is 5.48. The summed E-state index contributed by atoms with van der Waals surface area (Å²) in [6, 6.07) is 7.22. The molecule has 3 aliphatic heterocycles. The van der Waals surface area contributed by atoms with E-state index >= 15 is 0 Å². The normalized spacial score (nSPS) is 23.2.